The van der Waals surface area contributed by atoms with Crippen molar-refractivity contribution in [1.82, 2.24) is 4.57 Å². The summed E-state index contributed by atoms with van der Waals surface area (Å²) in [7, 11) is 1.27. The summed E-state index contributed by atoms with van der Waals surface area (Å²) in [5.41, 5.74) is 0.723. The van der Waals surface area contributed by atoms with Crippen molar-refractivity contribution in [3.05, 3.63) is 0 Å². The van der Waals surface area contributed by atoms with Gasteiger partial charge in [-0.25, -0.2) is 0 Å². The Bertz CT molecular complexity index is 111. The Morgan fingerprint density at radius 3 is 2.00 bits per heavy atom. The normalized spacial score (nSPS) is 25.6. The molecule has 1 saturated heterocycles. The second kappa shape index (κ2) is 3.72. The Morgan fingerprint density at radius 2 is 1.64 bits per heavy atom. The van der Waals surface area contributed by atoms with E-state index in [0.29, 0.717) is 0 Å². The molecular formula is C9H21NSi. The van der Waals surface area contributed by atoms with Crippen molar-refractivity contribution < 1.29 is 0 Å². The van der Waals surface area contributed by atoms with E-state index in [9.17, 15) is 0 Å². The minimum absolute atomic E-state index is 0.723. The zero-order valence-electron chi connectivity index (χ0n) is 8.19. The van der Waals surface area contributed by atoms with Crippen LogP contribution in [0.4, 0.5) is 0 Å². The van der Waals surface area contributed by atoms with E-state index in [0.717, 1.165) is 5.41 Å². The fraction of sp³-hybridized carbons (Fsp3) is 1.00. The molecular weight excluding hydrogens is 150 g/mol. The largest absolute Gasteiger partial charge is 0.332 e. The third-order valence-electron chi connectivity index (χ3n) is 3.55. The number of nitrogens with zero attached hydrogens (tertiary/aromatic N) is 1. The van der Waals surface area contributed by atoms with Gasteiger partial charge in [0.15, 0.2) is 0 Å². The standard InChI is InChI=1S/C9H21NSi/c1-3-9(4-2)5-7-10(11)8-6-9/h3-8H2,1-2,11H3. The lowest BCUT2D eigenvalue weighted by Gasteiger charge is -2.39. The van der Waals surface area contributed by atoms with Crippen molar-refractivity contribution >= 4 is 10.4 Å². The highest BCUT2D eigenvalue weighted by atomic mass is 28.2. The molecule has 0 saturated carbocycles. The first-order valence-electron chi connectivity index (χ1n) is 4.91. The van der Waals surface area contributed by atoms with Crippen LogP contribution in [0.25, 0.3) is 0 Å². The van der Waals surface area contributed by atoms with Gasteiger partial charge < -0.3 is 4.57 Å². The van der Waals surface area contributed by atoms with Crippen molar-refractivity contribution in [2.75, 3.05) is 13.1 Å². The van der Waals surface area contributed by atoms with Crippen LogP contribution >= 0.6 is 0 Å². The van der Waals surface area contributed by atoms with Crippen molar-refractivity contribution in [2.45, 2.75) is 39.5 Å². The molecule has 1 nitrogen and oxygen atoms in total. The minimum Gasteiger partial charge on any atom is -0.332 e. The van der Waals surface area contributed by atoms with Crippen LogP contribution in [0.5, 0.6) is 0 Å². The van der Waals surface area contributed by atoms with Crippen LogP contribution in [0.2, 0.25) is 0 Å². The fourth-order valence-electron chi connectivity index (χ4n) is 2.05. The molecule has 0 aromatic carbocycles. The fourth-order valence-corrected chi connectivity index (χ4v) is 2.50. The minimum atomic E-state index is 0.723. The monoisotopic (exact) mass is 171 g/mol. The molecule has 0 unspecified atom stereocenters. The molecule has 0 bridgehead atoms. The molecule has 0 radical (unpaired) electrons. The molecule has 1 aliphatic heterocycles. The average molecular weight is 171 g/mol. The summed E-state index contributed by atoms with van der Waals surface area (Å²) in [6.45, 7) is 7.44. The van der Waals surface area contributed by atoms with Gasteiger partial charge >= 0.3 is 0 Å². The summed E-state index contributed by atoms with van der Waals surface area (Å²) in [6.07, 6.45) is 5.67. The molecule has 0 aromatic rings. The average Bonchev–Trinajstić information content (AvgIpc) is 2.07. The van der Waals surface area contributed by atoms with E-state index >= 15 is 0 Å². The molecule has 0 amide bonds. The van der Waals surface area contributed by atoms with Crippen LogP contribution in [0, 0.1) is 5.41 Å². The van der Waals surface area contributed by atoms with E-state index in [-0.39, 0.29) is 0 Å². The van der Waals surface area contributed by atoms with Crippen molar-refractivity contribution in [3.63, 3.8) is 0 Å². The topological polar surface area (TPSA) is 3.24 Å². The van der Waals surface area contributed by atoms with Gasteiger partial charge in [0, 0.05) is 0 Å². The summed E-state index contributed by atoms with van der Waals surface area (Å²) in [5.74, 6) is 0. The van der Waals surface area contributed by atoms with Crippen molar-refractivity contribution in [3.8, 4) is 0 Å². The second-order valence-electron chi connectivity index (χ2n) is 4.01. The number of piperidine rings is 1. The highest BCUT2D eigenvalue weighted by Gasteiger charge is 2.29. The SMILES string of the molecule is CCC1(CC)CCN([SiH3])CC1. The predicted octanol–water partition coefficient (Wildman–Crippen LogP) is 1.17. The van der Waals surface area contributed by atoms with Gasteiger partial charge in [-0.15, -0.1) is 0 Å². The Hall–Kier alpha value is 0.177. The van der Waals surface area contributed by atoms with Crippen LogP contribution in [0.1, 0.15) is 39.5 Å². The zero-order valence-corrected chi connectivity index (χ0v) is 10.2. The quantitative estimate of drug-likeness (QED) is 0.564. The van der Waals surface area contributed by atoms with E-state index < -0.39 is 0 Å². The summed E-state index contributed by atoms with van der Waals surface area (Å²) < 4.78 is 2.59. The maximum Gasteiger partial charge on any atom is 0.0784 e. The first-order valence-corrected chi connectivity index (χ1v) is 5.80. The van der Waals surface area contributed by atoms with Crippen LogP contribution in [0.3, 0.4) is 0 Å². The molecule has 11 heavy (non-hydrogen) atoms. The second-order valence-corrected chi connectivity index (χ2v) is 5.28. The van der Waals surface area contributed by atoms with Crippen LogP contribution in [-0.4, -0.2) is 28.1 Å². The predicted molar refractivity (Wildman–Crippen MR) is 53.8 cm³/mol. The summed E-state index contributed by atoms with van der Waals surface area (Å²) in [4.78, 5) is 0. The molecule has 1 heterocycles. The first-order chi connectivity index (χ1) is 5.22. The van der Waals surface area contributed by atoms with Gasteiger partial charge in [-0.3, -0.25) is 0 Å². The van der Waals surface area contributed by atoms with E-state index in [1.165, 1.54) is 49.2 Å². The summed E-state index contributed by atoms with van der Waals surface area (Å²) >= 11 is 0. The first kappa shape index (κ1) is 9.27. The molecule has 1 aliphatic rings. The number of rotatable bonds is 2. The molecule has 0 aromatic heterocycles. The third-order valence-corrected chi connectivity index (χ3v) is 4.44. The van der Waals surface area contributed by atoms with Gasteiger partial charge in [0.25, 0.3) is 0 Å². The lowest BCUT2D eigenvalue weighted by atomic mass is 9.75. The maximum atomic E-state index is 2.59. The molecule has 66 valence electrons. The van der Waals surface area contributed by atoms with E-state index in [1.807, 2.05) is 0 Å². The van der Waals surface area contributed by atoms with Crippen molar-refractivity contribution in [1.29, 1.82) is 0 Å². The van der Waals surface area contributed by atoms with Crippen molar-refractivity contribution in [2.24, 2.45) is 5.41 Å². The Balaban J connectivity index is 2.45. The van der Waals surface area contributed by atoms with E-state index in [4.69, 9.17) is 0 Å². The number of hydrogen-bond donors (Lipinski definition) is 0. The Morgan fingerprint density at radius 1 is 1.18 bits per heavy atom. The van der Waals surface area contributed by atoms with Gasteiger partial charge in [-0.05, 0) is 31.3 Å². The van der Waals surface area contributed by atoms with E-state index in [2.05, 4.69) is 18.4 Å². The molecule has 0 aliphatic carbocycles. The molecule has 1 fully saturated rings. The summed E-state index contributed by atoms with van der Waals surface area (Å²) in [6, 6.07) is 0. The molecule has 1 rings (SSSR count). The highest BCUT2D eigenvalue weighted by molar-refractivity contribution is 6.04. The smallest absolute Gasteiger partial charge is 0.0784 e. The zero-order chi connectivity index (χ0) is 8.32. The molecule has 0 spiro atoms. The lowest BCUT2D eigenvalue weighted by molar-refractivity contribution is 0.143. The molecule has 0 N–H and O–H groups in total. The number of hydrogen-bond acceptors (Lipinski definition) is 1. The van der Waals surface area contributed by atoms with Gasteiger partial charge in [0.1, 0.15) is 0 Å². The summed E-state index contributed by atoms with van der Waals surface area (Å²) in [5, 5.41) is 0. The third kappa shape index (κ3) is 2.06. The molecule has 0 atom stereocenters. The van der Waals surface area contributed by atoms with Gasteiger partial charge in [-0.2, -0.15) is 0 Å². The van der Waals surface area contributed by atoms with E-state index in [1.54, 1.807) is 0 Å². The maximum absolute atomic E-state index is 2.59. The Kier molecular flexibility index (Phi) is 3.13. The van der Waals surface area contributed by atoms with Gasteiger partial charge in [-0.1, -0.05) is 26.7 Å². The van der Waals surface area contributed by atoms with Crippen LogP contribution in [-0.2, 0) is 0 Å². The van der Waals surface area contributed by atoms with Gasteiger partial charge in [0.2, 0.25) is 0 Å². The molecule has 2 heteroatoms. The lowest BCUT2D eigenvalue weighted by Crippen LogP contribution is -2.38. The highest BCUT2D eigenvalue weighted by Crippen LogP contribution is 2.37. The van der Waals surface area contributed by atoms with Gasteiger partial charge in [0.05, 0.1) is 10.4 Å². The van der Waals surface area contributed by atoms with Crippen LogP contribution in [0.15, 0.2) is 0 Å². The Labute approximate surface area is 73.7 Å². The van der Waals surface area contributed by atoms with Crippen LogP contribution < -0.4 is 0 Å².